The van der Waals surface area contributed by atoms with Crippen molar-refractivity contribution in [1.82, 2.24) is 5.43 Å². The zero-order valence-electron chi connectivity index (χ0n) is 18.0. The highest BCUT2D eigenvalue weighted by molar-refractivity contribution is 9.11. The molecule has 0 aliphatic heterocycles. The molecular weight excluding hydrogens is 571 g/mol. The first-order valence-corrected chi connectivity index (χ1v) is 11.9. The number of halogens is 3. The minimum Gasteiger partial charge on any atom is -0.490 e. The van der Waals surface area contributed by atoms with Gasteiger partial charge in [0.05, 0.1) is 17.3 Å². The highest BCUT2D eigenvalue weighted by Crippen LogP contribution is 2.31. The number of nitrogens with one attached hydrogen (secondary N) is 1. The molecule has 9 heteroatoms. The lowest BCUT2D eigenvalue weighted by atomic mass is 10.2. The zero-order chi connectivity index (χ0) is 24.1. The molecule has 34 heavy (non-hydrogen) atoms. The topological polar surface area (TPSA) is 73.1 Å². The molecule has 0 atom stereocenters. The van der Waals surface area contributed by atoms with Gasteiger partial charge in [-0.15, -0.1) is 0 Å². The first-order chi connectivity index (χ1) is 16.4. The second-order valence-electron chi connectivity index (χ2n) is 7.14. The molecule has 0 aliphatic carbocycles. The molecular formula is C25H19Br2FN2O4. The Kier molecular flexibility index (Phi) is 7.64. The van der Waals surface area contributed by atoms with Crippen LogP contribution in [0.25, 0.3) is 11.0 Å². The van der Waals surface area contributed by atoms with Crippen molar-refractivity contribution in [2.24, 2.45) is 5.10 Å². The van der Waals surface area contributed by atoms with Crippen molar-refractivity contribution in [1.29, 1.82) is 0 Å². The Hall–Kier alpha value is -3.17. The molecule has 0 saturated carbocycles. The third-order valence-electron chi connectivity index (χ3n) is 4.75. The smallest absolute Gasteiger partial charge is 0.307 e. The monoisotopic (exact) mass is 588 g/mol. The molecule has 0 aliphatic rings. The number of hydrogen-bond donors (Lipinski definition) is 1. The highest BCUT2D eigenvalue weighted by Gasteiger charge is 2.14. The molecule has 6 nitrogen and oxygen atoms in total. The largest absolute Gasteiger partial charge is 0.490 e. The lowest BCUT2D eigenvalue weighted by Gasteiger charge is -2.13. The lowest BCUT2D eigenvalue weighted by Crippen LogP contribution is -2.16. The number of carbonyl (C=O) groups is 1. The molecule has 0 fully saturated rings. The van der Waals surface area contributed by atoms with Crippen LogP contribution in [0.4, 0.5) is 4.39 Å². The van der Waals surface area contributed by atoms with E-state index in [2.05, 4.69) is 42.4 Å². The van der Waals surface area contributed by atoms with Gasteiger partial charge in [0.2, 0.25) is 0 Å². The SMILES string of the molecule is CCOc1cc(/C=N\NC(=O)c2cc3cc(Br)cc(Br)c3o2)ccc1OCc1ccccc1F. The van der Waals surface area contributed by atoms with Gasteiger partial charge in [0.25, 0.3) is 0 Å². The first-order valence-electron chi connectivity index (χ1n) is 10.3. The summed E-state index contributed by atoms with van der Waals surface area (Å²) in [6.07, 6.45) is 1.48. The molecule has 174 valence electrons. The van der Waals surface area contributed by atoms with Crippen LogP contribution >= 0.6 is 31.9 Å². The van der Waals surface area contributed by atoms with Crippen LogP contribution in [-0.2, 0) is 6.61 Å². The molecule has 1 heterocycles. The maximum absolute atomic E-state index is 13.9. The van der Waals surface area contributed by atoms with E-state index in [0.29, 0.717) is 34.8 Å². The number of hydrazone groups is 1. The van der Waals surface area contributed by atoms with Gasteiger partial charge >= 0.3 is 5.91 Å². The van der Waals surface area contributed by atoms with Gasteiger partial charge in [0.1, 0.15) is 18.0 Å². The van der Waals surface area contributed by atoms with Gasteiger partial charge in [0.15, 0.2) is 17.3 Å². The van der Waals surface area contributed by atoms with Crippen LogP contribution in [0.3, 0.4) is 0 Å². The molecule has 0 unspecified atom stereocenters. The van der Waals surface area contributed by atoms with Crippen molar-refractivity contribution in [3.05, 3.63) is 92.3 Å². The molecule has 0 saturated heterocycles. The van der Waals surface area contributed by atoms with Crippen molar-refractivity contribution in [2.75, 3.05) is 6.61 Å². The zero-order valence-corrected chi connectivity index (χ0v) is 21.2. The molecule has 1 amide bonds. The molecule has 0 radical (unpaired) electrons. The summed E-state index contributed by atoms with van der Waals surface area (Å²) in [4.78, 5) is 12.5. The fraction of sp³-hybridized carbons (Fsp3) is 0.120. The van der Waals surface area contributed by atoms with Gasteiger partial charge in [-0.1, -0.05) is 34.1 Å². The maximum Gasteiger partial charge on any atom is 0.307 e. The number of benzene rings is 3. The van der Waals surface area contributed by atoms with Crippen molar-refractivity contribution >= 4 is 55.0 Å². The minimum absolute atomic E-state index is 0.0699. The Morgan fingerprint density at radius 1 is 1.09 bits per heavy atom. The molecule has 4 rings (SSSR count). The van der Waals surface area contributed by atoms with Gasteiger partial charge < -0.3 is 13.9 Å². The second kappa shape index (κ2) is 10.8. The maximum atomic E-state index is 13.9. The van der Waals surface area contributed by atoms with E-state index < -0.39 is 5.91 Å². The fourth-order valence-electron chi connectivity index (χ4n) is 3.17. The number of amides is 1. The summed E-state index contributed by atoms with van der Waals surface area (Å²) in [6.45, 7) is 2.34. The van der Waals surface area contributed by atoms with Crippen LogP contribution in [0.2, 0.25) is 0 Å². The Morgan fingerprint density at radius 3 is 2.71 bits per heavy atom. The average Bonchev–Trinajstić information content (AvgIpc) is 3.24. The minimum atomic E-state index is -0.481. The number of ether oxygens (including phenoxy) is 2. The standard InChI is InChI=1S/C25H19Br2FN2O4/c1-2-32-22-9-15(7-8-21(22)33-14-16-5-3-4-6-20(16)28)13-29-30-25(31)23-11-17-10-18(26)12-19(27)24(17)34-23/h3-13H,2,14H2,1H3,(H,30,31)/b29-13-. The number of carbonyl (C=O) groups excluding carboxylic acids is 1. The lowest BCUT2D eigenvalue weighted by molar-refractivity contribution is 0.0929. The predicted octanol–water partition coefficient (Wildman–Crippen LogP) is 6.84. The third kappa shape index (κ3) is 5.66. The molecule has 3 aromatic carbocycles. The molecule has 0 bridgehead atoms. The van der Waals surface area contributed by atoms with Gasteiger partial charge in [0, 0.05) is 15.4 Å². The van der Waals surface area contributed by atoms with Gasteiger partial charge in [-0.3, -0.25) is 4.79 Å². The average molecular weight is 590 g/mol. The Balaban J connectivity index is 1.44. The quantitative estimate of drug-likeness (QED) is 0.180. The summed E-state index contributed by atoms with van der Waals surface area (Å²) in [6, 6.07) is 17.0. The van der Waals surface area contributed by atoms with Gasteiger partial charge in [-0.2, -0.15) is 5.10 Å². The first kappa shape index (κ1) is 24.0. The van der Waals surface area contributed by atoms with Crippen LogP contribution in [0.5, 0.6) is 11.5 Å². The summed E-state index contributed by atoms with van der Waals surface area (Å²) in [5.41, 5.74) is 4.16. The predicted molar refractivity (Wildman–Crippen MR) is 135 cm³/mol. The Morgan fingerprint density at radius 2 is 1.91 bits per heavy atom. The number of hydrogen-bond acceptors (Lipinski definition) is 5. The Labute approximate surface area is 212 Å². The van der Waals surface area contributed by atoms with E-state index >= 15 is 0 Å². The van der Waals surface area contributed by atoms with E-state index in [1.54, 1.807) is 42.5 Å². The second-order valence-corrected chi connectivity index (χ2v) is 8.91. The molecule has 1 N–H and O–H groups in total. The summed E-state index contributed by atoms with van der Waals surface area (Å²) < 4.78 is 32.5. The summed E-state index contributed by atoms with van der Waals surface area (Å²) >= 11 is 6.83. The fourth-order valence-corrected chi connectivity index (χ4v) is 4.51. The Bertz CT molecular complexity index is 1370. The van der Waals surface area contributed by atoms with Crippen molar-refractivity contribution in [2.45, 2.75) is 13.5 Å². The normalized spacial score (nSPS) is 11.2. The summed E-state index contributed by atoms with van der Waals surface area (Å²) in [5.74, 6) is 0.291. The number of rotatable bonds is 8. The molecule has 4 aromatic rings. The van der Waals surface area contributed by atoms with Crippen LogP contribution in [-0.4, -0.2) is 18.7 Å². The summed E-state index contributed by atoms with van der Waals surface area (Å²) in [7, 11) is 0. The summed E-state index contributed by atoms with van der Waals surface area (Å²) in [5, 5.41) is 4.79. The van der Waals surface area contributed by atoms with E-state index in [1.165, 1.54) is 12.3 Å². The van der Waals surface area contributed by atoms with Crippen molar-refractivity contribution < 1.29 is 23.1 Å². The van der Waals surface area contributed by atoms with E-state index in [1.807, 2.05) is 19.1 Å². The van der Waals surface area contributed by atoms with E-state index in [9.17, 15) is 9.18 Å². The third-order valence-corrected chi connectivity index (χ3v) is 5.79. The number of furan rings is 1. The van der Waals surface area contributed by atoms with Crippen molar-refractivity contribution in [3.63, 3.8) is 0 Å². The van der Waals surface area contributed by atoms with Gasteiger partial charge in [-0.25, -0.2) is 9.82 Å². The van der Waals surface area contributed by atoms with Crippen molar-refractivity contribution in [3.8, 4) is 11.5 Å². The van der Waals surface area contributed by atoms with Crippen LogP contribution < -0.4 is 14.9 Å². The number of nitrogens with zero attached hydrogens (tertiary/aromatic N) is 1. The molecule has 1 aromatic heterocycles. The van der Waals surface area contributed by atoms with Crippen LogP contribution in [0.15, 0.2) is 79.1 Å². The van der Waals surface area contributed by atoms with E-state index in [4.69, 9.17) is 13.9 Å². The number of fused-ring (bicyclic) bond motifs is 1. The van der Waals surface area contributed by atoms with Gasteiger partial charge in [-0.05, 0) is 70.9 Å². The molecule has 0 spiro atoms. The van der Waals surface area contributed by atoms with Crippen LogP contribution in [0, 0.1) is 5.82 Å². The highest BCUT2D eigenvalue weighted by atomic mass is 79.9. The van der Waals surface area contributed by atoms with Crippen LogP contribution in [0.1, 0.15) is 28.6 Å². The van der Waals surface area contributed by atoms with E-state index in [0.717, 1.165) is 14.3 Å². The van der Waals surface area contributed by atoms with E-state index in [-0.39, 0.29) is 18.2 Å².